The minimum atomic E-state index is -0.0854. The zero-order chi connectivity index (χ0) is 12.7. The molecule has 1 aliphatic rings. The Bertz CT molecular complexity index is 227. The molecule has 0 aliphatic heterocycles. The number of esters is 1. The van der Waals surface area contributed by atoms with E-state index in [0.717, 1.165) is 11.8 Å². The van der Waals surface area contributed by atoms with Crippen LogP contribution in [0.15, 0.2) is 0 Å². The standard InChI is InChI=1S/C13H25NO2S/c1-4-16-13(15)10(2)9-14-11-5-7-12(17-3)8-6-11/h10-12,14H,4-9H2,1-3H3. The fraction of sp³-hybridized carbons (Fsp3) is 0.923. The Kier molecular flexibility index (Phi) is 6.97. The largest absolute Gasteiger partial charge is 0.466 e. The summed E-state index contributed by atoms with van der Waals surface area (Å²) in [6, 6.07) is 0.593. The maximum Gasteiger partial charge on any atom is 0.309 e. The Hall–Kier alpha value is -0.220. The van der Waals surface area contributed by atoms with Gasteiger partial charge in [-0.25, -0.2) is 0 Å². The highest BCUT2D eigenvalue weighted by molar-refractivity contribution is 7.99. The van der Waals surface area contributed by atoms with E-state index in [1.165, 1.54) is 25.7 Å². The van der Waals surface area contributed by atoms with Crippen molar-refractivity contribution in [1.82, 2.24) is 5.32 Å². The summed E-state index contributed by atoms with van der Waals surface area (Å²) in [5, 5.41) is 4.34. The first-order chi connectivity index (χ1) is 8.17. The summed E-state index contributed by atoms with van der Waals surface area (Å²) in [6.07, 6.45) is 7.27. The molecule has 3 nitrogen and oxygen atoms in total. The van der Waals surface area contributed by atoms with E-state index in [4.69, 9.17) is 4.74 Å². The van der Waals surface area contributed by atoms with Crippen LogP contribution >= 0.6 is 11.8 Å². The monoisotopic (exact) mass is 259 g/mol. The summed E-state index contributed by atoms with van der Waals surface area (Å²) in [6.45, 7) is 5.00. The van der Waals surface area contributed by atoms with Gasteiger partial charge in [0.1, 0.15) is 0 Å². The van der Waals surface area contributed by atoms with Gasteiger partial charge in [0, 0.05) is 17.8 Å². The van der Waals surface area contributed by atoms with E-state index >= 15 is 0 Å². The number of hydrogen-bond donors (Lipinski definition) is 1. The quantitative estimate of drug-likeness (QED) is 0.744. The number of thioether (sulfide) groups is 1. The molecule has 0 amide bonds. The molecule has 0 heterocycles. The van der Waals surface area contributed by atoms with Crippen LogP contribution < -0.4 is 5.32 Å². The average Bonchev–Trinajstić information content (AvgIpc) is 2.36. The lowest BCUT2D eigenvalue weighted by Gasteiger charge is -2.28. The lowest BCUT2D eigenvalue weighted by molar-refractivity contribution is -0.147. The van der Waals surface area contributed by atoms with Gasteiger partial charge in [0.05, 0.1) is 12.5 Å². The molecule has 0 aromatic carbocycles. The van der Waals surface area contributed by atoms with Crippen LogP contribution in [0.2, 0.25) is 0 Å². The van der Waals surface area contributed by atoms with Gasteiger partial charge < -0.3 is 10.1 Å². The molecule has 1 saturated carbocycles. The van der Waals surface area contributed by atoms with E-state index in [9.17, 15) is 4.79 Å². The molecule has 0 radical (unpaired) electrons. The first-order valence-corrected chi connectivity index (χ1v) is 7.89. The first-order valence-electron chi connectivity index (χ1n) is 6.60. The second-order valence-corrected chi connectivity index (χ2v) is 5.91. The molecule has 1 unspecified atom stereocenters. The van der Waals surface area contributed by atoms with Crippen LogP contribution in [0.25, 0.3) is 0 Å². The highest BCUT2D eigenvalue weighted by Crippen LogP contribution is 2.26. The Balaban J connectivity index is 2.16. The van der Waals surface area contributed by atoms with Gasteiger partial charge in [-0.15, -0.1) is 0 Å². The molecule has 17 heavy (non-hydrogen) atoms. The highest BCUT2D eigenvalue weighted by Gasteiger charge is 2.21. The number of carbonyl (C=O) groups excluding carboxylic acids is 1. The van der Waals surface area contributed by atoms with Crippen LogP contribution in [0.1, 0.15) is 39.5 Å². The van der Waals surface area contributed by atoms with Gasteiger partial charge in [-0.2, -0.15) is 11.8 Å². The molecule has 0 saturated heterocycles. The summed E-state index contributed by atoms with van der Waals surface area (Å²) in [7, 11) is 0. The minimum Gasteiger partial charge on any atom is -0.466 e. The second-order valence-electron chi connectivity index (χ2n) is 4.77. The van der Waals surface area contributed by atoms with E-state index in [1.807, 2.05) is 25.6 Å². The topological polar surface area (TPSA) is 38.3 Å². The minimum absolute atomic E-state index is 0.0341. The van der Waals surface area contributed by atoms with E-state index < -0.39 is 0 Å². The Morgan fingerprint density at radius 2 is 2.06 bits per heavy atom. The lowest BCUT2D eigenvalue weighted by atomic mass is 9.94. The van der Waals surface area contributed by atoms with Crippen molar-refractivity contribution in [2.75, 3.05) is 19.4 Å². The number of nitrogens with one attached hydrogen (secondary N) is 1. The number of ether oxygens (including phenoxy) is 1. The van der Waals surface area contributed by atoms with Gasteiger partial charge in [0.25, 0.3) is 0 Å². The fourth-order valence-electron chi connectivity index (χ4n) is 2.21. The second kappa shape index (κ2) is 7.98. The van der Waals surface area contributed by atoms with Crippen molar-refractivity contribution < 1.29 is 9.53 Å². The highest BCUT2D eigenvalue weighted by atomic mass is 32.2. The van der Waals surface area contributed by atoms with Crippen molar-refractivity contribution in [1.29, 1.82) is 0 Å². The number of carbonyl (C=O) groups is 1. The molecule has 0 spiro atoms. The summed E-state index contributed by atoms with van der Waals surface area (Å²) in [4.78, 5) is 11.4. The van der Waals surface area contributed by atoms with Gasteiger partial charge >= 0.3 is 5.97 Å². The van der Waals surface area contributed by atoms with Crippen molar-refractivity contribution in [3.05, 3.63) is 0 Å². The first kappa shape index (κ1) is 14.8. The van der Waals surface area contributed by atoms with Crippen molar-refractivity contribution >= 4 is 17.7 Å². The zero-order valence-electron chi connectivity index (χ0n) is 11.2. The zero-order valence-corrected chi connectivity index (χ0v) is 12.0. The molecule has 1 atom stereocenters. The van der Waals surface area contributed by atoms with Gasteiger partial charge in [-0.1, -0.05) is 6.92 Å². The molecule has 1 aliphatic carbocycles. The maximum atomic E-state index is 11.4. The molecule has 0 aromatic heterocycles. The molecule has 1 rings (SSSR count). The van der Waals surface area contributed by atoms with Gasteiger partial charge in [0.15, 0.2) is 0 Å². The molecular weight excluding hydrogens is 234 g/mol. The van der Waals surface area contributed by atoms with Crippen LogP contribution in [-0.2, 0) is 9.53 Å². The van der Waals surface area contributed by atoms with Crippen LogP contribution in [0.4, 0.5) is 0 Å². The third kappa shape index (κ3) is 5.30. The Morgan fingerprint density at radius 1 is 1.41 bits per heavy atom. The van der Waals surface area contributed by atoms with Gasteiger partial charge in [-0.05, 0) is 38.9 Å². The van der Waals surface area contributed by atoms with Crippen LogP contribution in [0, 0.1) is 5.92 Å². The molecule has 0 bridgehead atoms. The molecule has 1 fully saturated rings. The van der Waals surface area contributed by atoms with E-state index in [0.29, 0.717) is 12.6 Å². The average molecular weight is 259 g/mol. The SMILES string of the molecule is CCOC(=O)C(C)CNC1CCC(SC)CC1. The van der Waals surface area contributed by atoms with E-state index in [-0.39, 0.29) is 11.9 Å². The van der Waals surface area contributed by atoms with Gasteiger partial charge in [-0.3, -0.25) is 4.79 Å². The predicted molar refractivity (Wildman–Crippen MR) is 73.4 cm³/mol. The Labute approximate surface area is 109 Å². The summed E-state index contributed by atoms with van der Waals surface area (Å²) in [5.41, 5.74) is 0. The third-order valence-electron chi connectivity index (χ3n) is 3.41. The summed E-state index contributed by atoms with van der Waals surface area (Å²) in [5.74, 6) is -0.119. The van der Waals surface area contributed by atoms with Crippen molar-refractivity contribution in [2.24, 2.45) is 5.92 Å². The predicted octanol–water partition coefficient (Wildman–Crippen LogP) is 2.45. The molecular formula is C13H25NO2S. The van der Waals surface area contributed by atoms with Crippen LogP contribution in [0.3, 0.4) is 0 Å². The summed E-state index contributed by atoms with van der Waals surface area (Å²) < 4.78 is 5.00. The molecule has 0 aromatic rings. The smallest absolute Gasteiger partial charge is 0.309 e. The number of rotatable bonds is 6. The van der Waals surface area contributed by atoms with Crippen molar-refractivity contribution in [2.45, 2.75) is 50.8 Å². The normalized spacial score (nSPS) is 26.5. The van der Waals surface area contributed by atoms with E-state index in [2.05, 4.69) is 11.6 Å². The van der Waals surface area contributed by atoms with Crippen LogP contribution in [-0.4, -0.2) is 36.7 Å². The van der Waals surface area contributed by atoms with Gasteiger partial charge in [0.2, 0.25) is 0 Å². The van der Waals surface area contributed by atoms with Crippen LogP contribution in [0.5, 0.6) is 0 Å². The maximum absolute atomic E-state index is 11.4. The summed E-state index contributed by atoms with van der Waals surface area (Å²) >= 11 is 1.98. The van der Waals surface area contributed by atoms with Crippen molar-refractivity contribution in [3.8, 4) is 0 Å². The molecule has 4 heteroatoms. The van der Waals surface area contributed by atoms with Crippen molar-refractivity contribution in [3.63, 3.8) is 0 Å². The third-order valence-corrected chi connectivity index (χ3v) is 4.55. The fourth-order valence-corrected chi connectivity index (χ4v) is 2.96. The molecule has 1 N–H and O–H groups in total. The lowest BCUT2D eigenvalue weighted by Crippen LogP contribution is -2.38. The Morgan fingerprint density at radius 3 is 2.59 bits per heavy atom. The molecule has 100 valence electrons. The number of hydrogen-bond acceptors (Lipinski definition) is 4. The van der Waals surface area contributed by atoms with E-state index in [1.54, 1.807) is 0 Å².